The van der Waals surface area contributed by atoms with Gasteiger partial charge in [0.15, 0.2) is 0 Å². The number of ether oxygens (including phenoxy) is 2. The average molecular weight is 355 g/mol. The first-order valence-corrected chi connectivity index (χ1v) is 8.13. The van der Waals surface area contributed by atoms with Crippen LogP contribution in [0.4, 0.5) is 5.69 Å². The van der Waals surface area contributed by atoms with E-state index in [0.29, 0.717) is 18.0 Å². The molecule has 7 nitrogen and oxygen atoms in total. The molecule has 0 aliphatic carbocycles. The molecule has 0 fully saturated rings. The third kappa shape index (κ3) is 5.94. The molecule has 0 spiro atoms. The number of hydrazone groups is 1. The van der Waals surface area contributed by atoms with Crippen LogP contribution in [-0.4, -0.2) is 31.7 Å². The van der Waals surface area contributed by atoms with Gasteiger partial charge in [-0.2, -0.15) is 5.10 Å². The maximum Gasteiger partial charge on any atom is 0.329 e. The lowest BCUT2D eigenvalue weighted by Crippen LogP contribution is -2.32. The molecule has 0 heterocycles. The van der Waals surface area contributed by atoms with Crippen LogP contribution in [0, 0.1) is 0 Å². The van der Waals surface area contributed by atoms with E-state index in [-0.39, 0.29) is 0 Å². The highest BCUT2D eigenvalue weighted by Gasteiger charge is 2.12. The number of methoxy groups -OCH3 is 1. The summed E-state index contributed by atoms with van der Waals surface area (Å²) in [6.45, 7) is 2.70. The molecule has 2 N–H and O–H groups in total. The number of nitrogens with zero attached hydrogens (tertiary/aromatic N) is 1. The summed E-state index contributed by atoms with van der Waals surface area (Å²) in [6.07, 6.45) is 2.38. The van der Waals surface area contributed by atoms with Crippen LogP contribution in [0.1, 0.15) is 18.9 Å². The summed E-state index contributed by atoms with van der Waals surface area (Å²) in [4.78, 5) is 23.6. The van der Waals surface area contributed by atoms with Crippen LogP contribution < -0.4 is 20.2 Å². The molecule has 26 heavy (non-hydrogen) atoms. The maximum atomic E-state index is 11.8. The number of nitrogens with one attached hydrogen (secondary N) is 2. The van der Waals surface area contributed by atoms with Crippen molar-refractivity contribution in [3.63, 3.8) is 0 Å². The first-order chi connectivity index (χ1) is 12.6. The maximum absolute atomic E-state index is 11.8. The fourth-order valence-corrected chi connectivity index (χ4v) is 1.95. The topological polar surface area (TPSA) is 89.0 Å². The molecule has 0 bridgehead atoms. The van der Waals surface area contributed by atoms with Crippen LogP contribution in [0.5, 0.6) is 11.5 Å². The minimum Gasteiger partial charge on any atom is -0.497 e. The summed E-state index contributed by atoms with van der Waals surface area (Å²) in [5.41, 5.74) is 3.44. The van der Waals surface area contributed by atoms with E-state index in [1.165, 1.54) is 6.21 Å². The van der Waals surface area contributed by atoms with Gasteiger partial charge in [0.25, 0.3) is 0 Å². The van der Waals surface area contributed by atoms with Crippen LogP contribution in [0.2, 0.25) is 0 Å². The summed E-state index contributed by atoms with van der Waals surface area (Å²) < 4.78 is 10.5. The molecule has 136 valence electrons. The van der Waals surface area contributed by atoms with Crippen LogP contribution in [0.3, 0.4) is 0 Å². The zero-order valence-corrected chi connectivity index (χ0v) is 14.7. The summed E-state index contributed by atoms with van der Waals surface area (Å²) >= 11 is 0. The van der Waals surface area contributed by atoms with Crippen molar-refractivity contribution in [2.75, 3.05) is 19.0 Å². The second kappa shape index (κ2) is 9.83. The Hall–Kier alpha value is -3.35. The van der Waals surface area contributed by atoms with E-state index in [0.717, 1.165) is 17.7 Å². The van der Waals surface area contributed by atoms with Crippen molar-refractivity contribution in [3.8, 4) is 11.5 Å². The quantitative estimate of drug-likeness (QED) is 0.454. The molecule has 0 atom stereocenters. The zero-order valence-electron chi connectivity index (χ0n) is 14.7. The number of hydrogen-bond acceptors (Lipinski definition) is 5. The first-order valence-electron chi connectivity index (χ1n) is 8.13. The number of amides is 2. The third-order valence-electron chi connectivity index (χ3n) is 3.29. The lowest BCUT2D eigenvalue weighted by Gasteiger charge is -2.05. The van der Waals surface area contributed by atoms with Gasteiger partial charge in [0.05, 0.1) is 19.9 Å². The van der Waals surface area contributed by atoms with E-state index in [9.17, 15) is 9.59 Å². The Balaban J connectivity index is 1.82. The summed E-state index contributed by atoms with van der Waals surface area (Å²) in [5, 5.41) is 6.25. The van der Waals surface area contributed by atoms with Gasteiger partial charge in [0.1, 0.15) is 11.5 Å². The normalized spacial score (nSPS) is 10.4. The molecule has 2 rings (SSSR count). The highest BCUT2D eigenvalue weighted by molar-refractivity contribution is 6.39. The van der Waals surface area contributed by atoms with Crippen molar-refractivity contribution in [1.29, 1.82) is 0 Å². The number of rotatable bonds is 7. The number of carbonyl (C=O) groups is 2. The Kier molecular flexibility index (Phi) is 7.17. The Bertz CT molecular complexity index is 755. The van der Waals surface area contributed by atoms with E-state index in [1.807, 2.05) is 19.1 Å². The number of hydrogen-bond donors (Lipinski definition) is 2. The van der Waals surface area contributed by atoms with E-state index >= 15 is 0 Å². The highest BCUT2D eigenvalue weighted by Crippen LogP contribution is 2.14. The van der Waals surface area contributed by atoms with Crippen LogP contribution >= 0.6 is 0 Å². The second-order valence-electron chi connectivity index (χ2n) is 5.30. The summed E-state index contributed by atoms with van der Waals surface area (Å²) in [5.74, 6) is -0.245. The minimum absolute atomic E-state index is 0.484. The molecular weight excluding hydrogens is 334 g/mol. The molecule has 0 unspecified atom stereocenters. The fraction of sp³-hybridized carbons (Fsp3) is 0.211. The minimum atomic E-state index is -0.861. The second-order valence-corrected chi connectivity index (χ2v) is 5.30. The van der Waals surface area contributed by atoms with Crippen LogP contribution in [0.25, 0.3) is 0 Å². The smallest absolute Gasteiger partial charge is 0.329 e. The predicted molar refractivity (Wildman–Crippen MR) is 99.6 cm³/mol. The lowest BCUT2D eigenvalue weighted by atomic mass is 10.2. The third-order valence-corrected chi connectivity index (χ3v) is 3.29. The van der Waals surface area contributed by atoms with Gasteiger partial charge in [-0.15, -0.1) is 0 Å². The molecule has 7 heteroatoms. The molecule has 0 saturated carbocycles. The van der Waals surface area contributed by atoms with E-state index < -0.39 is 11.8 Å². The number of carbonyl (C=O) groups excluding carboxylic acids is 2. The molecule has 2 amide bonds. The van der Waals surface area contributed by atoms with Crippen molar-refractivity contribution >= 4 is 23.7 Å². The first kappa shape index (κ1) is 19.0. The zero-order chi connectivity index (χ0) is 18.8. The van der Waals surface area contributed by atoms with E-state index in [1.54, 1.807) is 43.5 Å². The molecule has 2 aromatic rings. The van der Waals surface area contributed by atoms with Gasteiger partial charge in [-0.3, -0.25) is 9.59 Å². The van der Waals surface area contributed by atoms with Gasteiger partial charge in [-0.05, 0) is 60.5 Å². The number of anilines is 1. The van der Waals surface area contributed by atoms with Crippen LogP contribution in [0.15, 0.2) is 53.6 Å². The summed E-state index contributed by atoms with van der Waals surface area (Å²) in [6, 6.07) is 13.9. The van der Waals surface area contributed by atoms with Crippen molar-refractivity contribution < 1.29 is 19.1 Å². The number of benzene rings is 2. The summed E-state index contributed by atoms with van der Waals surface area (Å²) in [7, 11) is 1.55. The molecule has 0 saturated heterocycles. The standard InChI is InChI=1S/C19H21N3O4/c1-3-12-26-17-8-4-14(5-9-17)13-20-22-19(24)18(23)21-15-6-10-16(25-2)11-7-15/h4-11,13H,3,12H2,1-2H3,(H,21,23)(H,22,24)/b20-13-. The van der Waals surface area contributed by atoms with Crippen LogP contribution in [-0.2, 0) is 9.59 Å². The van der Waals surface area contributed by atoms with Crippen molar-refractivity contribution in [2.45, 2.75) is 13.3 Å². The monoisotopic (exact) mass is 355 g/mol. The molecule has 0 radical (unpaired) electrons. The van der Waals surface area contributed by atoms with Crippen molar-refractivity contribution in [2.24, 2.45) is 5.10 Å². The van der Waals surface area contributed by atoms with E-state index in [2.05, 4.69) is 15.8 Å². The molecule has 0 aliphatic heterocycles. The average Bonchev–Trinajstić information content (AvgIpc) is 2.67. The fourth-order valence-electron chi connectivity index (χ4n) is 1.95. The molecule has 0 aromatic heterocycles. The van der Waals surface area contributed by atoms with Gasteiger partial charge >= 0.3 is 11.8 Å². The molecule has 2 aromatic carbocycles. The van der Waals surface area contributed by atoms with E-state index in [4.69, 9.17) is 9.47 Å². The molecular formula is C19H21N3O4. The Morgan fingerprint density at radius 3 is 2.27 bits per heavy atom. The van der Waals surface area contributed by atoms with Gasteiger partial charge < -0.3 is 14.8 Å². The van der Waals surface area contributed by atoms with Crippen molar-refractivity contribution in [1.82, 2.24) is 5.43 Å². The SMILES string of the molecule is CCCOc1ccc(/C=N\NC(=O)C(=O)Nc2ccc(OC)cc2)cc1. The van der Waals surface area contributed by atoms with Gasteiger partial charge in [-0.25, -0.2) is 5.43 Å². The van der Waals surface area contributed by atoms with Gasteiger partial charge in [0, 0.05) is 5.69 Å². The largest absolute Gasteiger partial charge is 0.497 e. The Labute approximate surface area is 152 Å². The predicted octanol–water partition coefficient (Wildman–Crippen LogP) is 2.57. The Morgan fingerprint density at radius 1 is 1.00 bits per heavy atom. The Morgan fingerprint density at radius 2 is 1.65 bits per heavy atom. The van der Waals surface area contributed by atoms with Gasteiger partial charge in [0.2, 0.25) is 0 Å². The highest BCUT2D eigenvalue weighted by atomic mass is 16.5. The van der Waals surface area contributed by atoms with Gasteiger partial charge in [-0.1, -0.05) is 6.92 Å². The lowest BCUT2D eigenvalue weighted by molar-refractivity contribution is -0.136. The molecule has 0 aliphatic rings. The van der Waals surface area contributed by atoms with Crippen molar-refractivity contribution in [3.05, 3.63) is 54.1 Å².